The lowest BCUT2D eigenvalue weighted by molar-refractivity contribution is -0.129. The minimum absolute atomic E-state index is 0.162. The summed E-state index contributed by atoms with van der Waals surface area (Å²) in [5.74, 6) is 0.703. The number of ether oxygens (including phenoxy) is 3. The van der Waals surface area contributed by atoms with Gasteiger partial charge in [-0.1, -0.05) is 36.4 Å². The van der Waals surface area contributed by atoms with Crippen LogP contribution in [-0.2, 0) is 20.9 Å². The summed E-state index contributed by atoms with van der Waals surface area (Å²) in [4.78, 5) is 27.9. The Morgan fingerprint density at radius 3 is 2.47 bits per heavy atom. The molecule has 7 nitrogen and oxygen atoms in total. The molecule has 7 heteroatoms. The van der Waals surface area contributed by atoms with Crippen molar-refractivity contribution < 1.29 is 23.8 Å². The Morgan fingerprint density at radius 2 is 1.76 bits per heavy atom. The molecule has 0 saturated carbocycles. The van der Waals surface area contributed by atoms with Gasteiger partial charge in [-0.3, -0.25) is 4.79 Å². The molecular weight excluding hydrogens is 432 g/mol. The second-order valence-corrected chi connectivity index (χ2v) is 7.51. The number of esters is 1. The third kappa shape index (κ3) is 5.69. The third-order valence-corrected chi connectivity index (χ3v) is 4.88. The average Bonchev–Trinajstić information content (AvgIpc) is 3.19. The van der Waals surface area contributed by atoms with Crippen molar-refractivity contribution >= 4 is 29.5 Å². The van der Waals surface area contributed by atoms with E-state index in [0.717, 1.165) is 11.1 Å². The van der Waals surface area contributed by atoms with Gasteiger partial charge in [-0.15, -0.1) is 0 Å². The number of hydrogen-bond donors (Lipinski definition) is 1. The number of rotatable bonds is 8. The van der Waals surface area contributed by atoms with Gasteiger partial charge in [-0.2, -0.15) is 0 Å². The number of aliphatic imine (C=N–C) groups is 1. The van der Waals surface area contributed by atoms with Crippen LogP contribution >= 0.6 is 0 Å². The second-order valence-electron chi connectivity index (χ2n) is 7.51. The van der Waals surface area contributed by atoms with Crippen LogP contribution < -0.4 is 14.8 Å². The predicted molar refractivity (Wildman–Crippen MR) is 130 cm³/mol. The third-order valence-electron chi connectivity index (χ3n) is 4.88. The molecule has 1 heterocycles. The maximum Gasteiger partial charge on any atom is 0.363 e. The van der Waals surface area contributed by atoms with Crippen molar-refractivity contribution in [3.8, 4) is 11.5 Å². The monoisotopic (exact) mass is 456 g/mol. The molecule has 34 heavy (non-hydrogen) atoms. The van der Waals surface area contributed by atoms with Crippen molar-refractivity contribution in [3.63, 3.8) is 0 Å². The van der Waals surface area contributed by atoms with E-state index in [1.165, 1.54) is 6.92 Å². The lowest BCUT2D eigenvalue weighted by Gasteiger charge is -2.12. The van der Waals surface area contributed by atoms with Gasteiger partial charge < -0.3 is 19.5 Å². The van der Waals surface area contributed by atoms with Gasteiger partial charge in [-0.25, -0.2) is 9.79 Å². The van der Waals surface area contributed by atoms with Gasteiger partial charge in [-0.05, 0) is 60.5 Å². The van der Waals surface area contributed by atoms with Gasteiger partial charge in [0.1, 0.15) is 6.61 Å². The van der Waals surface area contributed by atoms with Crippen LogP contribution in [0.1, 0.15) is 30.5 Å². The first-order valence-electron chi connectivity index (χ1n) is 10.9. The Kier molecular flexibility index (Phi) is 7.03. The van der Waals surface area contributed by atoms with E-state index in [9.17, 15) is 9.59 Å². The number of hydrogen-bond acceptors (Lipinski definition) is 6. The van der Waals surface area contributed by atoms with E-state index in [1.54, 1.807) is 36.4 Å². The van der Waals surface area contributed by atoms with Crippen LogP contribution in [0.3, 0.4) is 0 Å². The summed E-state index contributed by atoms with van der Waals surface area (Å²) in [6.45, 7) is 4.23. The second kappa shape index (κ2) is 10.5. The SMILES string of the molecule is CCOc1cc(/C=C2\N=C(c3ccc(NC(C)=O)cc3)OC2=O)ccc1OCc1ccccc1. The Morgan fingerprint density at radius 1 is 1.00 bits per heavy atom. The summed E-state index contributed by atoms with van der Waals surface area (Å²) in [6, 6.07) is 22.2. The van der Waals surface area contributed by atoms with Crippen LogP contribution in [0.2, 0.25) is 0 Å². The Hall–Kier alpha value is -4.39. The van der Waals surface area contributed by atoms with E-state index in [-0.39, 0.29) is 17.5 Å². The number of nitrogens with zero attached hydrogens (tertiary/aromatic N) is 1. The number of carbonyl (C=O) groups is 2. The summed E-state index contributed by atoms with van der Waals surface area (Å²) in [6.07, 6.45) is 1.64. The van der Waals surface area contributed by atoms with E-state index in [2.05, 4.69) is 10.3 Å². The van der Waals surface area contributed by atoms with Gasteiger partial charge in [0.25, 0.3) is 0 Å². The minimum Gasteiger partial charge on any atom is -0.490 e. The molecule has 0 aliphatic carbocycles. The first-order chi connectivity index (χ1) is 16.5. The van der Waals surface area contributed by atoms with Gasteiger partial charge in [0.2, 0.25) is 11.8 Å². The normalized spacial score (nSPS) is 13.9. The van der Waals surface area contributed by atoms with Crippen molar-refractivity contribution in [1.29, 1.82) is 0 Å². The van der Waals surface area contributed by atoms with E-state index in [0.29, 0.717) is 36.0 Å². The highest BCUT2D eigenvalue weighted by molar-refractivity contribution is 6.13. The van der Waals surface area contributed by atoms with Crippen LogP contribution in [0, 0.1) is 0 Å². The topological polar surface area (TPSA) is 86.2 Å². The molecule has 3 aromatic rings. The predicted octanol–water partition coefficient (Wildman–Crippen LogP) is 4.97. The molecule has 172 valence electrons. The molecule has 0 aromatic heterocycles. The summed E-state index contributed by atoms with van der Waals surface area (Å²) in [7, 11) is 0. The zero-order valence-corrected chi connectivity index (χ0v) is 18.9. The van der Waals surface area contributed by atoms with Crippen LogP contribution in [0.5, 0.6) is 11.5 Å². The molecule has 0 fully saturated rings. The first-order valence-corrected chi connectivity index (χ1v) is 10.9. The Bertz CT molecular complexity index is 1250. The molecule has 1 N–H and O–H groups in total. The van der Waals surface area contributed by atoms with E-state index < -0.39 is 5.97 Å². The molecule has 0 unspecified atom stereocenters. The number of nitrogens with one attached hydrogen (secondary N) is 1. The van der Waals surface area contributed by atoms with Gasteiger partial charge in [0, 0.05) is 18.2 Å². The maximum absolute atomic E-state index is 12.4. The molecule has 0 spiro atoms. The van der Waals surface area contributed by atoms with Crippen molar-refractivity contribution in [3.05, 3.63) is 95.2 Å². The number of carbonyl (C=O) groups excluding carboxylic acids is 2. The number of amides is 1. The first kappa shape index (κ1) is 22.8. The highest BCUT2D eigenvalue weighted by Gasteiger charge is 2.24. The molecule has 1 aliphatic heterocycles. The highest BCUT2D eigenvalue weighted by Crippen LogP contribution is 2.31. The number of benzene rings is 3. The lowest BCUT2D eigenvalue weighted by atomic mass is 10.1. The van der Waals surface area contributed by atoms with Crippen molar-refractivity contribution in [2.75, 3.05) is 11.9 Å². The summed E-state index contributed by atoms with van der Waals surface area (Å²) in [5.41, 5.74) is 3.24. The van der Waals surface area contributed by atoms with Crippen LogP contribution in [0.15, 0.2) is 83.5 Å². The molecule has 0 radical (unpaired) electrons. The van der Waals surface area contributed by atoms with Crippen molar-refractivity contribution in [2.24, 2.45) is 4.99 Å². The fourth-order valence-electron chi connectivity index (χ4n) is 3.33. The lowest BCUT2D eigenvalue weighted by Crippen LogP contribution is -2.07. The quantitative estimate of drug-likeness (QED) is 0.382. The van der Waals surface area contributed by atoms with Crippen LogP contribution in [-0.4, -0.2) is 24.4 Å². The maximum atomic E-state index is 12.4. The minimum atomic E-state index is -0.539. The highest BCUT2D eigenvalue weighted by atomic mass is 16.6. The summed E-state index contributed by atoms with van der Waals surface area (Å²) < 4.78 is 17.0. The fourth-order valence-corrected chi connectivity index (χ4v) is 3.33. The molecule has 0 saturated heterocycles. The smallest absolute Gasteiger partial charge is 0.363 e. The molecule has 3 aromatic carbocycles. The number of anilines is 1. The van der Waals surface area contributed by atoms with Gasteiger partial charge in [0.15, 0.2) is 17.2 Å². The van der Waals surface area contributed by atoms with Gasteiger partial charge >= 0.3 is 5.97 Å². The fraction of sp³-hybridized carbons (Fsp3) is 0.148. The zero-order chi connectivity index (χ0) is 23.9. The standard InChI is InChI=1S/C27H24N2O5/c1-3-32-25-16-20(9-14-24(25)33-17-19-7-5-4-6-8-19)15-23-27(31)34-26(29-23)21-10-12-22(13-11-21)28-18(2)30/h4-16H,3,17H2,1-2H3,(H,28,30)/b23-15-. The van der Waals surface area contributed by atoms with E-state index >= 15 is 0 Å². The zero-order valence-electron chi connectivity index (χ0n) is 18.9. The van der Waals surface area contributed by atoms with Crippen molar-refractivity contribution in [2.45, 2.75) is 20.5 Å². The van der Waals surface area contributed by atoms with E-state index in [4.69, 9.17) is 14.2 Å². The largest absolute Gasteiger partial charge is 0.490 e. The molecule has 1 amide bonds. The average molecular weight is 456 g/mol. The molecule has 1 aliphatic rings. The summed E-state index contributed by atoms with van der Waals surface area (Å²) in [5, 5.41) is 2.69. The van der Waals surface area contributed by atoms with E-state index in [1.807, 2.05) is 49.4 Å². The molecule has 0 bridgehead atoms. The van der Waals surface area contributed by atoms with Gasteiger partial charge in [0.05, 0.1) is 6.61 Å². The Labute approximate surface area is 197 Å². The Balaban J connectivity index is 1.52. The van der Waals surface area contributed by atoms with Crippen LogP contribution in [0.4, 0.5) is 5.69 Å². The van der Waals surface area contributed by atoms with Crippen molar-refractivity contribution in [1.82, 2.24) is 0 Å². The van der Waals surface area contributed by atoms with Crippen LogP contribution in [0.25, 0.3) is 6.08 Å². The summed E-state index contributed by atoms with van der Waals surface area (Å²) >= 11 is 0. The molecule has 0 atom stereocenters. The number of cyclic esters (lactones) is 1. The molecule has 4 rings (SSSR count). The molecular formula is C27H24N2O5.